The molecule has 17 heavy (non-hydrogen) atoms. The molecule has 7 heteroatoms. The molecule has 0 saturated carbocycles. The first-order valence-corrected chi connectivity index (χ1v) is 5.49. The Morgan fingerprint density at radius 3 is 2.88 bits per heavy atom. The molecule has 0 bridgehead atoms. The van der Waals surface area contributed by atoms with Gasteiger partial charge in [0.15, 0.2) is 0 Å². The molecule has 0 spiro atoms. The van der Waals surface area contributed by atoms with E-state index in [9.17, 15) is 14.9 Å². The first kappa shape index (κ1) is 13.1. The average molecular weight is 240 g/mol. The highest BCUT2D eigenvalue weighted by molar-refractivity contribution is 5.75. The number of carbonyl (C=O) groups is 1. The van der Waals surface area contributed by atoms with Crippen molar-refractivity contribution in [2.75, 3.05) is 6.54 Å². The highest BCUT2D eigenvalue weighted by atomic mass is 16.6. The lowest BCUT2D eigenvalue weighted by Crippen LogP contribution is -2.29. The first-order chi connectivity index (χ1) is 8.06. The van der Waals surface area contributed by atoms with E-state index in [1.807, 2.05) is 6.92 Å². The lowest BCUT2D eigenvalue weighted by molar-refractivity contribution is -0.385. The minimum atomic E-state index is -0.506. The number of nitro groups is 1. The third-order valence-electron chi connectivity index (χ3n) is 2.42. The zero-order valence-corrected chi connectivity index (χ0v) is 9.97. The van der Waals surface area contributed by atoms with Crippen LogP contribution in [0.25, 0.3) is 0 Å². The summed E-state index contributed by atoms with van der Waals surface area (Å²) < 4.78 is 1.33. The van der Waals surface area contributed by atoms with Crippen molar-refractivity contribution in [1.82, 2.24) is 15.1 Å². The third-order valence-corrected chi connectivity index (χ3v) is 2.42. The van der Waals surface area contributed by atoms with Gasteiger partial charge in [0.2, 0.25) is 5.91 Å². The standard InChI is InChI=1S/C10H16N4O3/c1-3-4-5-11-10(15)7-13-8(2)9(6-12-13)14(16)17/h6H,3-5,7H2,1-2H3,(H,11,15). The average Bonchev–Trinajstić information content (AvgIpc) is 2.61. The number of carbonyl (C=O) groups excluding carboxylic acids is 1. The van der Waals surface area contributed by atoms with Crippen LogP contribution in [-0.4, -0.2) is 27.2 Å². The summed E-state index contributed by atoms with van der Waals surface area (Å²) >= 11 is 0. The van der Waals surface area contributed by atoms with E-state index in [0.29, 0.717) is 12.2 Å². The van der Waals surface area contributed by atoms with E-state index in [0.717, 1.165) is 19.0 Å². The Hall–Kier alpha value is -1.92. The normalized spacial score (nSPS) is 10.2. The smallest absolute Gasteiger partial charge is 0.309 e. The molecule has 0 radical (unpaired) electrons. The quantitative estimate of drug-likeness (QED) is 0.456. The van der Waals surface area contributed by atoms with Crippen molar-refractivity contribution in [3.05, 3.63) is 22.0 Å². The summed E-state index contributed by atoms with van der Waals surface area (Å²) in [7, 11) is 0. The van der Waals surface area contributed by atoms with Crippen molar-refractivity contribution in [3.8, 4) is 0 Å². The fourth-order valence-corrected chi connectivity index (χ4v) is 1.37. The van der Waals surface area contributed by atoms with Crippen molar-refractivity contribution in [1.29, 1.82) is 0 Å². The van der Waals surface area contributed by atoms with Crippen LogP contribution in [0.4, 0.5) is 5.69 Å². The Morgan fingerprint density at radius 2 is 2.35 bits per heavy atom. The van der Waals surface area contributed by atoms with Crippen molar-refractivity contribution >= 4 is 11.6 Å². The second-order valence-corrected chi connectivity index (χ2v) is 3.73. The number of amides is 1. The Balaban J connectivity index is 2.57. The maximum Gasteiger partial charge on any atom is 0.309 e. The van der Waals surface area contributed by atoms with Crippen LogP contribution >= 0.6 is 0 Å². The molecule has 1 heterocycles. The highest BCUT2D eigenvalue weighted by Crippen LogP contribution is 2.15. The highest BCUT2D eigenvalue weighted by Gasteiger charge is 2.17. The van der Waals surface area contributed by atoms with Gasteiger partial charge < -0.3 is 5.32 Å². The Labute approximate surface area is 99.0 Å². The van der Waals surface area contributed by atoms with Crippen LogP contribution in [0.3, 0.4) is 0 Å². The molecular formula is C10H16N4O3. The molecule has 1 aromatic heterocycles. The van der Waals surface area contributed by atoms with Gasteiger partial charge in [-0.05, 0) is 13.3 Å². The van der Waals surface area contributed by atoms with Crippen LogP contribution in [0.1, 0.15) is 25.5 Å². The lowest BCUT2D eigenvalue weighted by Gasteiger charge is -2.05. The van der Waals surface area contributed by atoms with E-state index < -0.39 is 4.92 Å². The lowest BCUT2D eigenvalue weighted by atomic mass is 10.3. The molecule has 1 aromatic rings. The van der Waals surface area contributed by atoms with Crippen molar-refractivity contribution in [3.63, 3.8) is 0 Å². The van der Waals surface area contributed by atoms with Crippen LogP contribution in [0.5, 0.6) is 0 Å². The monoisotopic (exact) mass is 240 g/mol. The second kappa shape index (κ2) is 5.97. The molecular weight excluding hydrogens is 224 g/mol. The van der Waals surface area contributed by atoms with Gasteiger partial charge in [-0.3, -0.25) is 19.6 Å². The molecule has 0 saturated heterocycles. The number of hydrogen-bond acceptors (Lipinski definition) is 4. The van der Waals surface area contributed by atoms with Gasteiger partial charge >= 0.3 is 5.69 Å². The van der Waals surface area contributed by atoms with Crippen LogP contribution in [-0.2, 0) is 11.3 Å². The molecule has 0 atom stereocenters. The molecule has 7 nitrogen and oxygen atoms in total. The fourth-order valence-electron chi connectivity index (χ4n) is 1.37. The van der Waals surface area contributed by atoms with Gasteiger partial charge in [-0.15, -0.1) is 0 Å². The van der Waals surface area contributed by atoms with Crippen LogP contribution in [0, 0.1) is 17.0 Å². The zero-order valence-electron chi connectivity index (χ0n) is 9.97. The van der Waals surface area contributed by atoms with Crippen molar-refractivity contribution in [2.45, 2.75) is 33.2 Å². The molecule has 0 aliphatic carbocycles. The van der Waals surface area contributed by atoms with E-state index in [4.69, 9.17) is 0 Å². The SMILES string of the molecule is CCCCNC(=O)Cn1ncc([N+](=O)[O-])c1C. The summed E-state index contributed by atoms with van der Waals surface area (Å²) in [5.74, 6) is -0.181. The number of nitrogens with one attached hydrogen (secondary N) is 1. The maximum absolute atomic E-state index is 11.5. The topological polar surface area (TPSA) is 90.1 Å². The van der Waals surface area contributed by atoms with E-state index in [-0.39, 0.29) is 18.1 Å². The molecule has 1 N–H and O–H groups in total. The van der Waals surface area contributed by atoms with Gasteiger partial charge in [-0.25, -0.2) is 0 Å². The summed E-state index contributed by atoms with van der Waals surface area (Å²) in [4.78, 5) is 21.6. The Kier molecular flexibility index (Phi) is 4.62. The number of unbranched alkanes of at least 4 members (excludes halogenated alkanes) is 1. The molecule has 0 aromatic carbocycles. The van der Waals surface area contributed by atoms with Gasteiger partial charge in [0.25, 0.3) is 0 Å². The number of aromatic nitrogens is 2. The summed E-state index contributed by atoms with van der Waals surface area (Å²) in [5.41, 5.74) is 0.326. The van der Waals surface area contributed by atoms with Gasteiger partial charge in [0, 0.05) is 6.54 Å². The van der Waals surface area contributed by atoms with E-state index in [1.165, 1.54) is 4.68 Å². The zero-order chi connectivity index (χ0) is 12.8. The third kappa shape index (κ3) is 3.54. The summed E-state index contributed by atoms with van der Waals surface area (Å²) in [6.45, 7) is 4.25. The molecule has 0 fully saturated rings. The molecule has 0 unspecified atom stereocenters. The minimum absolute atomic E-state index is 0.0172. The summed E-state index contributed by atoms with van der Waals surface area (Å²) in [6.07, 6.45) is 3.09. The Morgan fingerprint density at radius 1 is 1.65 bits per heavy atom. The maximum atomic E-state index is 11.5. The fraction of sp³-hybridized carbons (Fsp3) is 0.600. The molecule has 1 rings (SSSR count). The molecule has 0 aliphatic heterocycles. The summed E-state index contributed by atoms with van der Waals surface area (Å²) in [5, 5.41) is 17.1. The van der Waals surface area contributed by atoms with Gasteiger partial charge in [0.05, 0.1) is 4.92 Å². The molecule has 0 aliphatic rings. The Bertz CT molecular complexity index is 414. The van der Waals surface area contributed by atoms with Gasteiger partial charge in [0.1, 0.15) is 18.4 Å². The van der Waals surface area contributed by atoms with Gasteiger partial charge in [-0.1, -0.05) is 13.3 Å². The van der Waals surface area contributed by atoms with E-state index >= 15 is 0 Å². The van der Waals surface area contributed by atoms with Crippen LogP contribution in [0.2, 0.25) is 0 Å². The summed E-state index contributed by atoms with van der Waals surface area (Å²) in [6, 6.07) is 0. The van der Waals surface area contributed by atoms with Crippen LogP contribution in [0.15, 0.2) is 6.20 Å². The minimum Gasteiger partial charge on any atom is -0.354 e. The second-order valence-electron chi connectivity index (χ2n) is 3.73. The van der Waals surface area contributed by atoms with Gasteiger partial charge in [-0.2, -0.15) is 5.10 Å². The predicted molar refractivity (Wildman–Crippen MR) is 61.5 cm³/mol. The first-order valence-electron chi connectivity index (χ1n) is 5.49. The van der Waals surface area contributed by atoms with Crippen molar-refractivity contribution < 1.29 is 9.72 Å². The number of nitrogens with zero attached hydrogens (tertiary/aromatic N) is 3. The number of hydrogen-bond donors (Lipinski definition) is 1. The van der Waals surface area contributed by atoms with E-state index in [2.05, 4.69) is 10.4 Å². The predicted octanol–water partition coefficient (Wildman–Crippen LogP) is 1.02. The van der Waals surface area contributed by atoms with Crippen molar-refractivity contribution in [2.24, 2.45) is 0 Å². The number of rotatable bonds is 6. The molecule has 1 amide bonds. The van der Waals surface area contributed by atoms with E-state index in [1.54, 1.807) is 6.92 Å². The largest absolute Gasteiger partial charge is 0.354 e. The molecule has 94 valence electrons. The van der Waals surface area contributed by atoms with Crippen LogP contribution < -0.4 is 5.32 Å².